The van der Waals surface area contributed by atoms with E-state index in [0.717, 1.165) is 57.5 Å². The maximum absolute atomic E-state index is 13.3. The highest BCUT2D eigenvalue weighted by Gasteiger charge is 2.25. The Labute approximate surface area is 259 Å². The highest BCUT2D eigenvalue weighted by Crippen LogP contribution is 2.31. The van der Waals surface area contributed by atoms with E-state index in [4.69, 9.17) is 14.5 Å². The molecule has 11 heteroatoms. The number of hydrogen-bond donors (Lipinski definition) is 0. The first-order valence-corrected chi connectivity index (χ1v) is 15.9. The number of piperazine rings is 1. The summed E-state index contributed by atoms with van der Waals surface area (Å²) in [7, 11) is 3.33. The Bertz CT molecular complexity index is 1660. The van der Waals surface area contributed by atoms with Gasteiger partial charge in [-0.2, -0.15) is 0 Å². The van der Waals surface area contributed by atoms with E-state index >= 15 is 0 Å². The van der Waals surface area contributed by atoms with E-state index < -0.39 is 0 Å². The van der Waals surface area contributed by atoms with Gasteiger partial charge in [-0.3, -0.25) is 9.36 Å². The lowest BCUT2D eigenvalue weighted by Gasteiger charge is -2.35. The van der Waals surface area contributed by atoms with Crippen LogP contribution >= 0.6 is 23.1 Å². The number of hydrogen-bond acceptors (Lipinski definition) is 9. The molecule has 6 rings (SSSR count). The second-order valence-corrected chi connectivity index (χ2v) is 11.8. The minimum absolute atomic E-state index is 0.0239. The number of rotatable bonds is 10. The van der Waals surface area contributed by atoms with E-state index in [1.54, 1.807) is 26.0 Å². The first-order valence-electron chi connectivity index (χ1n) is 14.0. The Morgan fingerprint density at radius 3 is 2.37 bits per heavy atom. The number of benzene rings is 3. The van der Waals surface area contributed by atoms with Crippen molar-refractivity contribution in [2.24, 2.45) is 0 Å². The molecular weight excluding hydrogens is 581 g/mol. The van der Waals surface area contributed by atoms with Gasteiger partial charge >= 0.3 is 0 Å². The van der Waals surface area contributed by atoms with Crippen molar-refractivity contribution in [2.45, 2.75) is 17.3 Å². The van der Waals surface area contributed by atoms with Crippen molar-refractivity contribution in [2.75, 3.05) is 45.3 Å². The predicted octanol–water partition coefficient (Wildman–Crippen LogP) is 5.59. The fraction of sp³-hybridized carbons (Fsp3) is 0.250. The maximum atomic E-state index is 13.3. The van der Waals surface area contributed by atoms with Crippen molar-refractivity contribution in [1.29, 1.82) is 0 Å². The van der Waals surface area contributed by atoms with Crippen LogP contribution in [0.15, 0.2) is 89.4 Å². The topological polar surface area (TPSA) is 85.6 Å². The fourth-order valence-corrected chi connectivity index (χ4v) is 6.82. The molecule has 0 saturated carbocycles. The zero-order valence-corrected chi connectivity index (χ0v) is 25.7. The lowest BCUT2D eigenvalue weighted by molar-refractivity contribution is 0.0741. The van der Waals surface area contributed by atoms with Crippen molar-refractivity contribution < 1.29 is 14.3 Å². The van der Waals surface area contributed by atoms with Gasteiger partial charge in [0.2, 0.25) is 0 Å². The summed E-state index contributed by atoms with van der Waals surface area (Å²) in [4.78, 5) is 22.2. The number of thiazole rings is 1. The van der Waals surface area contributed by atoms with E-state index in [2.05, 4.69) is 43.9 Å². The smallest absolute Gasteiger partial charge is 0.273 e. The SMILES string of the molecule is COc1ccc(N2CCN(C(=O)c3csc(CSc4nnc(Cc5ccccc5)n4-c4ccccc4OC)n3)CC2)cc1. The molecular formula is C32H32N6O3S2. The quantitative estimate of drug-likeness (QED) is 0.189. The second-order valence-electron chi connectivity index (χ2n) is 9.96. The van der Waals surface area contributed by atoms with Crippen molar-refractivity contribution >= 4 is 34.7 Å². The van der Waals surface area contributed by atoms with Gasteiger partial charge in [-0.05, 0) is 42.0 Å². The highest BCUT2D eigenvalue weighted by atomic mass is 32.2. The van der Waals surface area contributed by atoms with Crippen molar-refractivity contribution in [3.63, 3.8) is 0 Å². The third-order valence-corrected chi connectivity index (χ3v) is 9.30. The van der Waals surface area contributed by atoms with Crippen LogP contribution in [-0.2, 0) is 12.2 Å². The normalized spacial score (nSPS) is 13.3. The Kier molecular flexibility index (Phi) is 8.90. The van der Waals surface area contributed by atoms with Gasteiger partial charge in [-0.25, -0.2) is 4.98 Å². The monoisotopic (exact) mass is 612 g/mol. The van der Waals surface area contributed by atoms with E-state index in [9.17, 15) is 4.79 Å². The summed E-state index contributed by atoms with van der Waals surface area (Å²) in [5.74, 6) is 2.95. The number of anilines is 1. The summed E-state index contributed by atoms with van der Waals surface area (Å²) < 4.78 is 13.0. The lowest BCUT2D eigenvalue weighted by Crippen LogP contribution is -2.48. The van der Waals surface area contributed by atoms with Crippen LogP contribution in [0.5, 0.6) is 11.5 Å². The Hall–Kier alpha value is -4.35. The first-order chi connectivity index (χ1) is 21.1. The largest absolute Gasteiger partial charge is 0.497 e. The van der Waals surface area contributed by atoms with E-state index in [-0.39, 0.29) is 5.91 Å². The minimum atomic E-state index is -0.0239. The standard InChI is InChI=1S/C32H32N6O3S2/c1-40-25-14-12-24(13-15-25)36-16-18-37(19-17-36)31(39)26-21-42-30(33-26)22-43-32-35-34-29(20-23-8-4-3-5-9-23)38(32)27-10-6-7-11-28(27)41-2/h3-15,21H,16-20,22H2,1-2H3. The summed E-state index contributed by atoms with van der Waals surface area (Å²) in [6, 6.07) is 26.1. The number of ether oxygens (including phenoxy) is 2. The van der Waals surface area contributed by atoms with Crippen molar-refractivity contribution in [3.8, 4) is 17.2 Å². The molecule has 2 aromatic heterocycles. The van der Waals surface area contributed by atoms with Gasteiger partial charge < -0.3 is 19.3 Å². The number of carbonyl (C=O) groups excluding carboxylic acids is 1. The molecule has 220 valence electrons. The van der Waals surface area contributed by atoms with Gasteiger partial charge in [0, 0.05) is 43.7 Å². The molecule has 0 radical (unpaired) electrons. The number of para-hydroxylation sites is 2. The first kappa shape index (κ1) is 28.8. The Balaban J connectivity index is 1.13. The molecule has 43 heavy (non-hydrogen) atoms. The Morgan fingerprint density at radius 1 is 0.884 bits per heavy atom. The zero-order valence-electron chi connectivity index (χ0n) is 24.1. The maximum Gasteiger partial charge on any atom is 0.273 e. The molecule has 1 fully saturated rings. The van der Waals surface area contributed by atoms with Crippen LogP contribution in [0.4, 0.5) is 5.69 Å². The second kappa shape index (κ2) is 13.3. The third-order valence-electron chi connectivity index (χ3n) is 7.33. The number of methoxy groups -OCH3 is 2. The van der Waals surface area contributed by atoms with E-state index in [1.165, 1.54) is 11.3 Å². The number of carbonyl (C=O) groups is 1. The summed E-state index contributed by atoms with van der Waals surface area (Å²) in [6.45, 7) is 2.85. The van der Waals surface area contributed by atoms with Gasteiger partial charge in [0.1, 0.15) is 28.0 Å². The molecule has 9 nitrogen and oxygen atoms in total. The highest BCUT2D eigenvalue weighted by molar-refractivity contribution is 7.98. The van der Waals surface area contributed by atoms with Crippen LogP contribution < -0.4 is 14.4 Å². The molecule has 3 heterocycles. The number of nitrogens with zero attached hydrogens (tertiary/aromatic N) is 6. The summed E-state index contributed by atoms with van der Waals surface area (Å²) >= 11 is 3.04. The molecule has 1 saturated heterocycles. The van der Waals surface area contributed by atoms with Gasteiger partial charge in [0.15, 0.2) is 5.16 Å². The third kappa shape index (κ3) is 6.52. The summed E-state index contributed by atoms with van der Waals surface area (Å²) in [6.07, 6.45) is 0.633. The molecule has 5 aromatic rings. The van der Waals surface area contributed by atoms with Gasteiger partial charge in [-0.1, -0.05) is 54.2 Å². The molecule has 0 bridgehead atoms. The molecule has 0 aliphatic carbocycles. The van der Waals surface area contributed by atoms with Crippen LogP contribution in [0.1, 0.15) is 26.9 Å². The van der Waals surface area contributed by atoms with Gasteiger partial charge in [0.05, 0.1) is 25.7 Å². The molecule has 0 N–H and O–H groups in total. The molecule has 0 atom stereocenters. The molecule has 0 spiro atoms. The van der Waals surface area contributed by atoms with Crippen LogP contribution in [0, 0.1) is 0 Å². The van der Waals surface area contributed by atoms with Crippen LogP contribution in [-0.4, -0.2) is 71.0 Å². The fourth-order valence-electron chi connectivity index (χ4n) is 5.07. The minimum Gasteiger partial charge on any atom is -0.497 e. The van der Waals surface area contributed by atoms with Crippen LogP contribution in [0.2, 0.25) is 0 Å². The predicted molar refractivity (Wildman–Crippen MR) is 170 cm³/mol. The molecule has 0 unspecified atom stereocenters. The number of aromatic nitrogens is 4. The zero-order chi connectivity index (χ0) is 29.6. The van der Waals surface area contributed by atoms with Crippen molar-refractivity contribution in [3.05, 3.63) is 106 Å². The van der Waals surface area contributed by atoms with Crippen LogP contribution in [0.25, 0.3) is 5.69 Å². The summed E-state index contributed by atoms with van der Waals surface area (Å²) in [5, 5.41) is 12.6. The Morgan fingerprint density at radius 2 is 1.63 bits per heavy atom. The van der Waals surface area contributed by atoms with Gasteiger partial charge in [0.25, 0.3) is 5.91 Å². The van der Waals surface area contributed by atoms with Gasteiger partial charge in [-0.15, -0.1) is 21.5 Å². The molecule has 1 aliphatic rings. The average molecular weight is 613 g/mol. The number of amides is 1. The summed E-state index contributed by atoms with van der Waals surface area (Å²) in [5.41, 5.74) is 3.66. The molecule has 3 aromatic carbocycles. The van der Waals surface area contributed by atoms with E-state index in [0.29, 0.717) is 31.0 Å². The number of thioether (sulfide) groups is 1. The van der Waals surface area contributed by atoms with E-state index in [1.807, 2.05) is 64.9 Å². The van der Waals surface area contributed by atoms with Crippen molar-refractivity contribution in [1.82, 2.24) is 24.6 Å². The van der Waals surface area contributed by atoms with Crippen LogP contribution in [0.3, 0.4) is 0 Å². The molecule has 1 amide bonds. The lowest BCUT2D eigenvalue weighted by atomic mass is 10.1. The average Bonchev–Trinajstić information content (AvgIpc) is 3.71. The molecule has 1 aliphatic heterocycles.